The highest BCUT2D eigenvalue weighted by molar-refractivity contribution is 7.22. The number of aryl methyl sites for hydroxylation is 1. The predicted octanol–water partition coefficient (Wildman–Crippen LogP) is 4.72. The average molecular weight is 455 g/mol. The number of anilines is 1. The fraction of sp³-hybridized carbons (Fsp3) is 0.304. The van der Waals surface area contributed by atoms with Crippen LogP contribution in [-0.4, -0.2) is 60.2 Å². The second kappa shape index (κ2) is 8.59. The van der Waals surface area contributed by atoms with Crippen molar-refractivity contribution in [3.8, 4) is 0 Å². The van der Waals surface area contributed by atoms with Crippen molar-refractivity contribution < 1.29 is 9.53 Å². The minimum absolute atomic E-state index is 0.0477. The third kappa shape index (κ3) is 4.06. The Balaban J connectivity index is 1.52. The average Bonchev–Trinajstić information content (AvgIpc) is 3.39. The van der Waals surface area contributed by atoms with Gasteiger partial charge in [0.2, 0.25) is 0 Å². The maximum Gasteiger partial charge on any atom is 0.262 e. The Labute approximate surface area is 189 Å². The quantitative estimate of drug-likeness (QED) is 0.474. The van der Waals surface area contributed by atoms with Crippen LogP contribution in [0.5, 0.6) is 0 Å². The SMILES string of the molecule is Cc1cc(Cl)cc2sc(N(CCN3CCOCC3)C(=O)c3c[nH]c4ccccc34)nc12. The van der Waals surface area contributed by atoms with E-state index >= 15 is 0 Å². The number of ether oxygens (including phenoxy) is 1. The van der Waals surface area contributed by atoms with Crippen molar-refractivity contribution in [1.82, 2.24) is 14.9 Å². The lowest BCUT2D eigenvalue weighted by Gasteiger charge is -2.29. The highest BCUT2D eigenvalue weighted by Crippen LogP contribution is 2.34. The van der Waals surface area contributed by atoms with Crippen molar-refractivity contribution in [2.45, 2.75) is 6.92 Å². The molecule has 0 atom stereocenters. The van der Waals surface area contributed by atoms with Crippen molar-refractivity contribution in [1.29, 1.82) is 0 Å². The van der Waals surface area contributed by atoms with E-state index in [0.29, 0.717) is 22.3 Å². The molecule has 3 heterocycles. The summed E-state index contributed by atoms with van der Waals surface area (Å²) in [5.41, 5.74) is 3.52. The Bertz CT molecular complexity index is 1250. The number of para-hydroxylation sites is 1. The van der Waals surface area contributed by atoms with Gasteiger partial charge in [-0.15, -0.1) is 0 Å². The van der Waals surface area contributed by atoms with E-state index in [1.54, 1.807) is 6.20 Å². The van der Waals surface area contributed by atoms with Gasteiger partial charge in [0.05, 0.1) is 29.0 Å². The number of H-pyrrole nitrogens is 1. The minimum atomic E-state index is -0.0477. The molecule has 5 rings (SSSR count). The summed E-state index contributed by atoms with van der Waals surface area (Å²) < 4.78 is 6.45. The first-order chi connectivity index (χ1) is 15.1. The number of aromatic nitrogens is 2. The molecule has 0 bridgehead atoms. The molecule has 160 valence electrons. The maximum absolute atomic E-state index is 13.7. The number of nitrogens with one attached hydrogen (secondary N) is 1. The molecule has 0 radical (unpaired) electrons. The van der Waals surface area contributed by atoms with Gasteiger partial charge < -0.3 is 9.72 Å². The Hall–Kier alpha value is -2.45. The number of halogens is 1. The summed E-state index contributed by atoms with van der Waals surface area (Å²) in [5, 5.41) is 2.30. The summed E-state index contributed by atoms with van der Waals surface area (Å²) >= 11 is 7.77. The number of nitrogens with zero attached hydrogens (tertiary/aromatic N) is 3. The first kappa shape index (κ1) is 20.5. The fourth-order valence-corrected chi connectivity index (χ4v) is 5.45. The molecule has 2 aromatic heterocycles. The second-order valence-electron chi connectivity index (χ2n) is 7.72. The smallest absolute Gasteiger partial charge is 0.262 e. The van der Waals surface area contributed by atoms with Crippen LogP contribution in [0.25, 0.3) is 21.1 Å². The number of hydrogen-bond donors (Lipinski definition) is 1. The monoisotopic (exact) mass is 454 g/mol. The zero-order valence-electron chi connectivity index (χ0n) is 17.2. The molecule has 0 spiro atoms. The molecule has 0 aliphatic carbocycles. The van der Waals surface area contributed by atoms with Crippen molar-refractivity contribution in [2.24, 2.45) is 0 Å². The third-order valence-corrected chi connectivity index (χ3v) is 6.92. The van der Waals surface area contributed by atoms with Crippen molar-refractivity contribution in [3.63, 3.8) is 0 Å². The normalized spacial score (nSPS) is 15.0. The molecule has 31 heavy (non-hydrogen) atoms. The van der Waals surface area contributed by atoms with E-state index in [-0.39, 0.29) is 5.91 Å². The largest absolute Gasteiger partial charge is 0.379 e. The van der Waals surface area contributed by atoms with E-state index < -0.39 is 0 Å². The van der Waals surface area contributed by atoms with Gasteiger partial charge in [0.1, 0.15) is 0 Å². The molecule has 1 N–H and O–H groups in total. The molecule has 0 unspecified atom stereocenters. The van der Waals surface area contributed by atoms with Crippen LogP contribution in [-0.2, 0) is 4.74 Å². The zero-order chi connectivity index (χ0) is 21.4. The first-order valence-corrected chi connectivity index (χ1v) is 11.5. The fourth-order valence-electron chi connectivity index (χ4n) is 4.00. The summed E-state index contributed by atoms with van der Waals surface area (Å²) in [4.78, 5) is 25.9. The third-order valence-electron chi connectivity index (χ3n) is 5.68. The number of carbonyl (C=O) groups is 1. The highest BCUT2D eigenvalue weighted by Gasteiger charge is 2.25. The number of hydrogen-bond acceptors (Lipinski definition) is 5. The Morgan fingerprint density at radius 3 is 2.94 bits per heavy atom. The maximum atomic E-state index is 13.7. The van der Waals surface area contributed by atoms with Gasteiger partial charge in [-0.25, -0.2) is 4.98 Å². The van der Waals surface area contributed by atoms with Crippen LogP contribution in [0.4, 0.5) is 5.13 Å². The second-order valence-corrected chi connectivity index (χ2v) is 9.17. The number of thiazole rings is 1. The molecule has 1 aliphatic heterocycles. The van der Waals surface area contributed by atoms with Gasteiger partial charge >= 0.3 is 0 Å². The van der Waals surface area contributed by atoms with Crippen LogP contribution in [0.2, 0.25) is 5.02 Å². The topological polar surface area (TPSA) is 61.5 Å². The minimum Gasteiger partial charge on any atom is -0.379 e. The van der Waals surface area contributed by atoms with E-state index in [4.69, 9.17) is 21.3 Å². The predicted molar refractivity (Wildman–Crippen MR) is 127 cm³/mol. The molecule has 1 aliphatic rings. The molecule has 1 saturated heterocycles. The van der Waals surface area contributed by atoms with Crippen LogP contribution in [0.3, 0.4) is 0 Å². The number of amides is 1. The number of aromatic amines is 1. The highest BCUT2D eigenvalue weighted by atomic mass is 35.5. The lowest BCUT2D eigenvalue weighted by atomic mass is 10.1. The Morgan fingerprint density at radius 2 is 2.10 bits per heavy atom. The molecular weight excluding hydrogens is 432 g/mol. The summed E-state index contributed by atoms with van der Waals surface area (Å²) in [6, 6.07) is 11.7. The van der Waals surface area contributed by atoms with Crippen LogP contribution in [0.1, 0.15) is 15.9 Å². The summed E-state index contributed by atoms with van der Waals surface area (Å²) in [6.07, 6.45) is 1.80. The molecule has 4 aromatic rings. The van der Waals surface area contributed by atoms with Gasteiger partial charge in [0.25, 0.3) is 5.91 Å². The molecular formula is C23H23ClN4O2S. The first-order valence-electron chi connectivity index (χ1n) is 10.3. The Kier molecular flexibility index (Phi) is 5.67. The van der Waals surface area contributed by atoms with Gasteiger partial charge in [-0.2, -0.15) is 0 Å². The van der Waals surface area contributed by atoms with E-state index in [2.05, 4.69) is 9.88 Å². The lowest BCUT2D eigenvalue weighted by Crippen LogP contribution is -2.43. The van der Waals surface area contributed by atoms with Gasteiger partial charge in [0.15, 0.2) is 5.13 Å². The molecule has 8 heteroatoms. The number of rotatable bonds is 5. The van der Waals surface area contributed by atoms with Crippen LogP contribution in [0.15, 0.2) is 42.6 Å². The Morgan fingerprint density at radius 1 is 1.29 bits per heavy atom. The summed E-state index contributed by atoms with van der Waals surface area (Å²) in [7, 11) is 0. The number of fused-ring (bicyclic) bond motifs is 2. The van der Waals surface area contributed by atoms with E-state index in [0.717, 1.165) is 59.5 Å². The standard InChI is InChI=1S/C23H23ClN4O2S/c1-15-12-16(24)13-20-21(15)26-23(31-20)28(7-6-27-8-10-30-11-9-27)22(29)18-14-25-19-5-3-2-4-17(18)19/h2-5,12-14,25H,6-11H2,1H3. The van der Waals surface area contributed by atoms with Gasteiger partial charge in [-0.05, 0) is 30.7 Å². The molecule has 0 saturated carbocycles. The summed E-state index contributed by atoms with van der Waals surface area (Å²) in [6.45, 7) is 6.55. The number of morpholine rings is 1. The van der Waals surface area contributed by atoms with Gasteiger partial charge in [0, 0.05) is 48.3 Å². The van der Waals surface area contributed by atoms with E-state index in [1.165, 1.54) is 11.3 Å². The van der Waals surface area contributed by atoms with Crippen LogP contribution in [0, 0.1) is 6.92 Å². The lowest BCUT2D eigenvalue weighted by molar-refractivity contribution is 0.0391. The van der Waals surface area contributed by atoms with Crippen LogP contribution < -0.4 is 4.90 Å². The number of carbonyl (C=O) groups excluding carboxylic acids is 1. The molecule has 1 fully saturated rings. The van der Waals surface area contributed by atoms with Gasteiger partial charge in [-0.1, -0.05) is 41.1 Å². The van der Waals surface area contributed by atoms with Crippen molar-refractivity contribution in [2.75, 3.05) is 44.3 Å². The van der Waals surface area contributed by atoms with Crippen molar-refractivity contribution >= 4 is 55.1 Å². The van der Waals surface area contributed by atoms with Crippen molar-refractivity contribution in [3.05, 3.63) is 58.7 Å². The van der Waals surface area contributed by atoms with E-state index in [1.807, 2.05) is 48.2 Å². The van der Waals surface area contributed by atoms with Crippen LogP contribution >= 0.6 is 22.9 Å². The molecule has 2 aromatic carbocycles. The number of benzene rings is 2. The van der Waals surface area contributed by atoms with E-state index in [9.17, 15) is 4.79 Å². The molecule has 6 nitrogen and oxygen atoms in total. The molecule has 1 amide bonds. The van der Waals surface area contributed by atoms with Gasteiger partial charge in [-0.3, -0.25) is 14.6 Å². The summed E-state index contributed by atoms with van der Waals surface area (Å²) in [5.74, 6) is -0.0477. The zero-order valence-corrected chi connectivity index (χ0v) is 18.8.